The lowest BCUT2D eigenvalue weighted by atomic mass is 10.2. The van der Waals surface area contributed by atoms with Crippen molar-refractivity contribution in [1.29, 1.82) is 0 Å². The molecular weight excluding hydrogens is 274 g/mol. The Morgan fingerprint density at radius 2 is 2.31 bits per heavy atom. The van der Waals surface area contributed by atoms with Gasteiger partial charge < -0.3 is 4.74 Å². The van der Waals surface area contributed by atoms with Gasteiger partial charge in [-0.25, -0.2) is 4.99 Å². The largest absolute Gasteiger partial charge is 0.357 e. The van der Waals surface area contributed by atoms with Gasteiger partial charge in [0.2, 0.25) is 0 Å². The van der Waals surface area contributed by atoms with Crippen molar-refractivity contribution in [1.82, 2.24) is 10.0 Å². The van der Waals surface area contributed by atoms with Gasteiger partial charge >= 0.3 is 0 Å². The van der Waals surface area contributed by atoms with Crippen molar-refractivity contribution in [2.24, 2.45) is 4.99 Å². The van der Waals surface area contributed by atoms with Crippen LogP contribution in [0.1, 0.15) is 25.7 Å². The van der Waals surface area contributed by atoms with Crippen LogP contribution in [-0.4, -0.2) is 47.1 Å². The summed E-state index contributed by atoms with van der Waals surface area (Å²) in [5.41, 5.74) is 0. The second kappa shape index (κ2) is 5.25. The lowest BCUT2D eigenvalue weighted by Crippen LogP contribution is -2.49. The van der Waals surface area contributed by atoms with Gasteiger partial charge in [-0.1, -0.05) is 6.42 Å². The van der Waals surface area contributed by atoms with Crippen molar-refractivity contribution < 1.29 is 9.53 Å². The lowest BCUT2D eigenvalue weighted by molar-refractivity contribution is -0.114. The van der Waals surface area contributed by atoms with Crippen molar-refractivity contribution in [3.63, 3.8) is 0 Å². The molecule has 90 valence electrons. The molecule has 16 heavy (non-hydrogen) atoms. The average Bonchev–Trinajstić information content (AvgIpc) is 2.51. The number of aldehydes is 1. The molecule has 0 saturated carbocycles. The Morgan fingerprint density at radius 3 is 3.06 bits per heavy atom. The van der Waals surface area contributed by atoms with Crippen LogP contribution in [0.2, 0.25) is 0 Å². The summed E-state index contributed by atoms with van der Waals surface area (Å²) in [6, 6.07) is 0. The van der Waals surface area contributed by atoms with Crippen LogP contribution < -0.4 is 0 Å². The van der Waals surface area contributed by atoms with Crippen molar-refractivity contribution in [3.8, 4) is 0 Å². The maximum absolute atomic E-state index is 11.0. The van der Waals surface area contributed by atoms with E-state index < -0.39 is 0 Å². The maximum Gasteiger partial charge on any atom is 0.186 e. The zero-order valence-electron chi connectivity index (χ0n) is 9.30. The molecule has 2 aliphatic heterocycles. The van der Waals surface area contributed by atoms with Gasteiger partial charge in [0.15, 0.2) is 17.2 Å². The van der Waals surface area contributed by atoms with Crippen molar-refractivity contribution >= 4 is 28.1 Å². The van der Waals surface area contributed by atoms with E-state index in [4.69, 9.17) is 4.74 Å². The summed E-state index contributed by atoms with van der Waals surface area (Å²) in [5.74, 6) is 0.441. The summed E-state index contributed by atoms with van der Waals surface area (Å²) in [6.45, 7) is 0.758. The minimum atomic E-state index is -0.167. The zero-order chi connectivity index (χ0) is 11.5. The number of ether oxygens (including phenoxy) is 1. The number of hydrogen-bond acceptors (Lipinski definition) is 5. The van der Waals surface area contributed by atoms with Gasteiger partial charge in [0.05, 0.1) is 0 Å². The SMILES string of the molecule is CN1C(Br)N=C(C=O)N1C1CCCCCO1. The van der Waals surface area contributed by atoms with Crippen molar-refractivity contribution in [2.45, 2.75) is 37.0 Å². The summed E-state index contributed by atoms with van der Waals surface area (Å²) in [6.07, 6.45) is 5.09. The molecule has 6 heteroatoms. The van der Waals surface area contributed by atoms with Gasteiger partial charge in [0.25, 0.3) is 0 Å². The molecule has 0 aromatic rings. The molecule has 2 atom stereocenters. The molecule has 0 aliphatic carbocycles. The van der Waals surface area contributed by atoms with E-state index in [1.807, 2.05) is 17.1 Å². The molecular formula is C10H16BrN3O2. The Hall–Kier alpha value is -0.460. The Kier molecular flexibility index (Phi) is 3.94. The number of halogens is 1. The number of carbonyl (C=O) groups excluding carboxylic acids is 1. The molecule has 0 radical (unpaired) electrons. The summed E-state index contributed by atoms with van der Waals surface area (Å²) >= 11 is 3.39. The monoisotopic (exact) mass is 289 g/mol. The quantitative estimate of drug-likeness (QED) is 0.437. The highest BCUT2D eigenvalue weighted by Gasteiger charge is 2.35. The fourth-order valence-corrected chi connectivity index (χ4v) is 2.45. The molecule has 0 bridgehead atoms. The number of hydrazine groups is 1. The van der Waals surface area contributed by atoms with Gasteiger partial charge in [-0.15, -0.1) is 0 Å². The Balaban J connectivity index is 2.11. The van der Waals surface area contributed by atoms with Crippen LogP contribution in [0.3, 0.4) is 0 Å². The number of hydrogen-bond donors (Lipinski definition) is 0. The van der Waals surface area contributed by atoms with Gasteiger partial charge in [-0.05, 0) is 35.2 Å². The third-order valence-electron chi connectivity index (χ3n) is 2.91. The first-order valence-electron chi connectivity index (χ1n) is 5.54. The lowest BCUT2D eigenvalue weighted by Gasteiger charge is -2.33. The van der Waals surface area contributed by atoms with Gasteiger partial charge in [-0.3, -0.25) is 9.80 Å². The molecule has 0 N–H and O–H groups in total. The Bertz CT molecular complexity index is 290. The molecule has 0 aromatic heterocycles. The van der Waals surface area contributed by atoms with E-state index in [1.54, 1.807) is 0 Å². The van der Waals surface area contributed by atoms with E-state index in [0.717, 1.165) is 32.2 Å². The number of nitrogens with zero attached hydrogens (tertiary/aromatic N) is 3. The molecule has 2 aliphatic rings. The second-order valence-corrected chi connectivity index (χ2v) is 4.83. The fourth-order valence-electron chi connectivity index (χ4n) is 2.04. The number of carbonyl (C=O) groups is 1. The normalized spacial score (nSPS) is 32.4. The highest BCUT2D eigenvalue weighted by atomic mass is 79.9. The topological polar surface area (TPSA) is 45.1 Å². The Labute approximate surface area is 104 Å². The van der Waals surface area contributed by atoms with Crippen LogP contribution in [0.5, 0.6) is 0 Å². The van der Waals surface area contributed by atoms with Crippen LogP contribution in [0.4, 0.5) is 0 Å². The number of rotatable bonds is 2. The number of alkyl halides is 1. The van der Waals surface area contributed by atoms with E-state index in [1.165, 1.54) is 6.42 Å². The summed E-state index contributed by atoms with van der Waals surface area (Å²) in [4.78, 5) is 15.2. The van der Waals surface area contributed by atoms with Crippen LogP contribution in [0.25, 0.3) is 0 Å². The minimum Gasteiger partial charge on any atom is -0.357 e. The summed E-state index contributed by atoms with van der Waals surface area (Å²) in [5, 5.41) is 3.57. The molecule has 2 heterocycles. The molecule has 0 amide bonds. The van der Waals surface area contributed by atoms with Crippen molar-refractivity contribution in [3.05, 3.63) is 0 Å². The smallest absolute Gasteiger partial charge is 0.186 e. The molecule has 0 aromatic carbocycles. The summed E-state index contributed by atoms with van der Waals surface area (Å²) < 4.78 is 5.76. The van der Waals surface area contributed by atoms with Crippen LogP contribution in [0.15, 0.2) is 4.99 Å². The molecule has 2 unspecified atom stereocenters. The fraction of sp³-hybridized carbons (Fsp3) is 0.800. The Morgan fingerprint density at radius 1 is 1.50 bits per heavy atom. The van der Waals surface area contributed by atoms with E-state index >= 15 is 0 Å². The molecule has 2 rings (SSSR count). The molecule has 1 saturated heterocycles. The first kappa shape index (κ1) is 12.0. The van der Waals surface area contributed by atoms with Gasteiger partial charge in [0.1, 0.15) is 6.23 Å². The maximum atomic E-state index is 11.0. The van der Waals surface area contributed by atoms with E-state index in [2.05, 4.69) is 20.9 Å². The minimum absolute atomic E-state index is 0.0565. The third kappa shape index (κ3) is 2.28. The van der Waals surface area contributed by atoms with Gasteiger partial charge in [0, 0.05) is 13.7 Å². The number of amidine groups is 1. The highest BCUT2D eigenvalue weighted by molar-refractivity contribution is 9.09. The highest BCUT2D eigenvalue weighted by Crippen LogP contribution is 2.25. The van der Waals surface area contributed by atoms with E-state index in [9.17, 15) is 4.79 Å². The average molecular weight is 290 g/mol. The van der Waals surface area contributed by atoms with E-state index in [0.29, 0.717) is 5.84 Å². The predicted octanol–water partition coefficient (Wildman–Crippen LogP) is 1.34. The molecule has 5 nitrogen and oxygen atoms in total. The zero-order valence-corrected chi connectivity index (χ0v) is 10.9. The second-order valence-electron chi connectivity index (χ2n) is 4.01. The van der Waals surface area contributed by atoms with Gasteiger partial charge in [-0.2, -0.15) is 5.01 Å². The standard InChI is InChI=1S/C10H16BrN3O2/c1-13-10(11)12-8(7-15)14(13)9-5-3-2-4-6-16-9/h7,9-10H,2-6H2,1H3. The molecule has 1 fully saturated rings. The van der Waals surface area contributed by atoms with Crippen molar-refractivity contribution in [2.75, 3.05) is 13.7 Å². The third-order valence-corrected chi connectivity index (χ3v) is 3.70. The van der Waals surface area contributed by atoms with Crippen LogP contribution in [0, 0.1) is 0 Å². The molecule has 0 spiro atoms. The number of aliphatic imine (C=N–C) groups is 1. The summed E-state index contributed by atoms with van der Waals surface area (Å²) in [7, 11) is 1.90. The first-order valence-corrected chi connectivity index (χ1v) is 6.46. The predicted molar refractivity (Wildman–Crippen MR) is 64.0 cm³/mol. The van der Waals surface area contributed by atoms with E-state index in [-0.39, 0.29) is 11.3 Å². The van der Waals surface area contributed by atoms with Crippen LogP contribution >= 0.6 is 15.9 Å². The van der Waals surface area contributed by atoms with Crippen LogP contribution in [-0.2, 0) is 9.53 Å². The first-order chi connectivity index (χ1) is 7.74.